The molecule has 1 saturated heterocycles. The van der Waals surface area contributed by atoms with Crippen LogP contribution in [0.4, 0.5) is 4.39 Å². The molecule has 1 aromatic rings. The van der Waals surface area contributed by atoms with Gasteiger partial charge < -0.3 is 4.74 Å². The van der Waals surface area contributed by atoms with Gasteiger partial charge in [0.2, 0.25) is 0 Å². The zero-order valence-corrected chi connectivity index (χ0v) is 12.5. The van der Waals surface area contributed by atoms with Crippen LogP contribution < -0.4 is 0 Å². The van der Waals surface area contributed by atoms with Gasteiger partial charge in [0.05, 0.1) is 18.8 Å². The number of Topliss-reactive ketones (excluding diaryl/α,β-unsaturated/α-hetero) is 1. The molecule has 1 aliphatic heterocycles. The lowest BCUT2D eigenvalue weighted by Crippen LogP contribution is -2.54. The van der Waals surface area contributed by atoms with Gasteiger partial charge >= 0.3 is 0 Å². The number of nitrogens with zero attached hydrogens (tertiary/aromatic N) is 1. The predicted octanol–water partition coefficient (Wildman–Crippen LogP) is 2.70. The molecule has 0 spiro atoms. The summed E-state index contributed by atoms with van der Waals surface area (Å²) >= 11 is 5.86. The molecule has 0 saturated carbocycles. The number of rotatable bonds is 4. The maximum Gasteiger partial charge on any atom is 0.156 e. The van der Waals surface area contributed by atoms with E-state index in [2.05, 4.69) is 4.90 Å². The standard InChI is InChI=1S/C15H19ClFNO2/c1-15(2,18-5-7-20-8-6-18)14(19)10-11-9-12(16)3-4-13(11)17/h3-4,9H,5-8,10H2,1-2H3. The molecule has 110 valence electrons. The van der Waals surface area contributed by atoms with Gasteiger partial charge in [-0.1, -0.05) is 11.6 Å². The fourth-order valence-corrected chi connectivity index (χ4v) is 2.56. The van der Waals surface area contributed by atoms with Crippen LogP contribution in [0, 0.1) is 5.82 Å². The second kappa shape index (κ2) is 6.20. The van der Waals surface area contributed by atoms with E-state index in [0.717, 1.165) is 13.1 Å². The Morgan fingerprint density at radius 1 is 1.40 bits per heavy atom. The lowest BCUT2D eigenvalue weighted by molar-refractivity contribution is -0.131. The molecule has 0 radical (unpaired) electrons. The van der Waals surface area contributed by atoms with E-state index in [1.54, 1.807) is 0 Å². The molecular weight excluding hydrogens is 281 g/mol. The summed E-state index contributed by atoms with van der Waals surface area (Å²) in [4.78, 5) is 14.6. The molecule has 1 aliphatic rings. The highest BCUT2D eigenvalue weighted by atomic mass is 35.5. The van der Waals surface area contributed by atoms with Crippen LogP contribution in [0.2, 0.25) is 5.02 Å². The first-order valence-electron chi connectivity index (χ1n) is 6.71. The molecule has 0 aliphatic carbocycles. The minimum absolute atomic E-state index is 0.0134. The fourth-order valence-electron chi connectivity index (χ4n) is 2.37. The van der Waals surface area contributed by atoms with Crippen LogP contribution in [-0.4, -0.2) is 42.5 Å². The molecular formula is C15H19ClFNO2. The van der Waals surface area contributed by atoms with Crippen LogP contribution in [-0.2, 0) is 16.0 Å². The maximum atomic E-state index is 13.7. The van der Waals surface area contributed by atoms with Gasteiger partial charge in [0, 0.05) is 24.5 Å². The molecule has 5 heteroatoms. The third kappa shape index (κ3) is 3.37. The van der Waals surface area contributed by atoms with Crippen LogP contribution in [0.5, 0.6) is 0 Å². The van der Waals surface area contributed by atoms with Crippen molar-refractivity contribution in [1.29, 1.82) is 0 Å². The Morgan fingerprint density at radius 3 is 2.70 bits per heavy atom. The van der Waals surface area contributed by atoms with Crippen LogP contribution in [0.15, 0.2) is 18.2 Å². The average molecular weight is 300 g/mol. The van der Waals surface area contributed by atoms with Crippen molar-refractivity contribution in [2.45, 2.75) is 25.8 Å². The molecule has 1 fully saturated rings. The summed E-state index contributed by atoms with van der Waals surface area (Å²) in [6, 6.07) is 4.30. The number of hydrogen-bond donors (Lipinski definition) is 0. The van der Waals surface area contributed by atoms with E-state index in [-0.39, 0.29) is 18.0 Å². The van der Waals surface area contributed by atoms with Crippen LogP contribution >= 0.6 is 11.6 Å². The molecule has 0 amide bonds. The SMILES string of the molecule is CC(C)(C(=O)Cc1cc(Cl)ccc1F)N1CCOCC1. The molecule has 0 bridgehead atoms. The summed E-state index contributed by atoms with van der Waals surface area (Å²) in [5.41, 5.74) is -0.276. The summed E-state index contributed by atoms with van der Waals surface area (Å²) < 4.78 is 19.0. The van der Waals surface area contributed by atoms with Gasteiger partial charge in [-0.15, -0.1) is 0 Å². The second-order valence-electron chi connectivity index (χ2n) is 5.49. The minimum Gasteiger partial charge on any atom is -0.379 e. The normalized spacial score (nSPS) is 17.2. The Hall–Kier alpha value is -0.970. The van der Waals surface area contributed by atoms with Gasteiger partial charge in [0.25, 0.3) is 0 Å². The van der Waals surface area contributed by atoms with Gasteiger partial charge in [-0.3, -0.25) is 9.69 Å². The molecule has 1 aromatic carbocycles. The van der Waals surface area contributed by atoms with Crippen LogP contribution in [0.1, 0.15) is 19.4 Å². The Labute approximate surface area is 123 Å². The van der Waals surface area contributed by atoms with Crippen molar-refractivity contribution in [3.8, 4) is 0 Å². The molecule has 0 aromatic heterocycles. The van der Waals surface area contributed by atoms with Crippen molar-refractivity contribution in [3.63, 3.8) is 0 Å². The monoisotopic (exact) mass is 299 g/mol. The van der Waals surface area contributed by atoms with Gasteiger partial charge in [-0.2, -0.15) is 0 Å². The number of hydrogen-bond acceptors (Lipinski definition) is 3. The minimum atomic E-state index is -0.626. The Bertz CT molecular complexity index is 499. The van der Waals surface area contributed by atoms with E-state index in [1.165, 1.54) is 18.2 Å². The highest BCUT2D eigenvalue weighted by Crippen LogP contribution is 2.22. The molecule has 3 nitrogen and oxygen atoms in total. The number of benzene rings is 1. The van der Waals surface area contributed by atoms with Crippen molar-refractivity contribution in [1.82, 2.24) is 4.90 Å². The lowest BCUT2D eigenvalue weighted by Gasteiger charge is -2.39. The largest absolute Gasteiger partial charge is 0.379 e. The molecule has 1 heterocycles. The van der Waals surface area contributed by atoms with Crippen molar-refractivity contribution in [2.75, 3.05) is 26.3 Å². The zero-order chi connectivity index (χ0) is 14.8. The summed E-state index contributed by atoms with van der Waals surface area (Å²) in [5.74, 6) is -0.402. The second-order valence-corrected chi connectivity index (χ2v) is 5.93. The van der Waals surface area contributed by atoms with E-state index in [9.17, 15) is 9.18 Å². The quantitative estimate of drug-likeness (QED) is 0.856. The maximum absolute atomic E-state index is 13.7. The Kier molecular flexibility index (Phi) is 4.78. The van der Waals surface area contributed by atoms with E-state index < -0.39 is 5.54 Å². The molecule has 0 atom stereocenters. The van der Waals surface area contributed by atoms with E-state index in [0.29, 0.717) is 23.8 Å². The lowest BCUT2D eigenvalue weighted by atomic mass is 9.91. The number of carbonyl (C=O) groups is 1. The first-order chi connectivity index (χ1) is 9.41. The number of halogens is 2. The van der Waals surface area contributed by atoms with Crippen molar-refractivity contribution in [3.05, 3.63) is 34.6 Å². The summed E-state index contributed by atoms with van der Waals surface area (Å²) in [7, 11) is 0. The highest BCUT2D eigenvalue weighted by molar-refractivity contribution is 6.30. The summed E-state index contributed by atoms with van der Waals surface area (Å²) in [5, 5.41) is 0.443. The molecule has 20 heavy (non-hydrogen) atoms. The molecule has 0 N–H and O–H groups in total. The number of ether oxygens (including phenoxy) is 1. The summed E-state index contributed by atoms with van der Waals surface area (Å²) in [6.07, 6.45) is 0.0523. The van der Waals surface area contributed by atoms with Crippen molar-refractivity contribution < 1.29 is 13.9 Å². The Balaban J connectivity index is 2.11. The molecule has 2 rings (SSSR count). The number of carbonyl (C=O) groups excluding carboxylic acids is 1. The zero-order valence-electron chi connectivity index (χ0n) is 11.8. The number of ketones is 1. The smallest absolute Gasteiger partial charge is 0.156 e. The first-order valence-corrected chi connectivity index (χ1v) is 7.09. The van der Waals surface area contributed by atoms with Gasteiger partial charge in [-0.25, -0.2) is 4.39 Å². The van der Waals surface area contributed by atoms with E-state index >= 15 is 0 Å². The van der Waals surface area contributed by atoms with E-state index in [1.807, 2.05) is 13.8 Å². The highest BCUT2D eigenvalue weighted by Gasteiger charge is 2.35. The molecule has 0 unspecified atom stereocenters. The van der Waals surface area contributed by atoms with Gasteiger partial charge in [0.15, 0.2) is 5.78 Å². The number of morpholine rings is 1. The van der Waals surface area contributed by atoms with Crippen LogP contribution in [0.25, 0.3) is 0 Å². The van der Waals surface area contributed by atoms with Crippen LogP contribution in [0.3, 0.4) is 0 Å². The van der Waals surface area contributed by atoms with Crippen molar-refractivity contribution in [2.24, 2.45) is 0 Å². The topological polar surface area (TPSA) is 29.5 Å². The summed E-state index contributed by atoms with van der Waals surface area (Å²) in [6.45, 7) is 6.45. The third-order valence-corrected chi connectivity index (χ3v) is 4.08. The predicted molar refractivity (Wildman–Crippen MR) is 76.6 cm³/mol. The Morgan fingerprint density at radius 2 is 2.05 bits per heavy atom. The fraction of sp³-hybridized carbons (Fsp3) is 0.533. The van der Waals surface area contributed by atoms with Gasteiger partial charge in [-0.05, 0) is 37.6 Å². The van der Waals surface area contributed by atoms with Gasteiger partial charge in [0.1, 0.15) is 5.82 Å². The van der Waals surface area contributed by atoms with Crippen molar-refractivity contribution >= 4 is 17.4 Å². The van der Waals surface area contributed by atoms with E-state index in [4.69, 9.17) is 16.3 Å². The average Bonchev–Trinajstić information content (AvgIpc) is 2.43. The third-order valence-electron chi connectivity index (χ3n) is 3.84. The first kappa shape index (κ1) is 15.4.